The second-order valence-corrected chi connectivity index (χ2v) is 7.82. The number of nitrogens with one attached hydrogen (secondary N) is 2. The maximum absolute atomic E-state index is 13.1. The maximum atomic E-state index is 13.1. The van der Waals surface area contributed by atoms with Gasteiger partial charge in [-0.3, -0.25) is 14.6 Å². The summed E-state index contributed by atoms with van der Waals surface area (Å²) in [5.41, 5.74) is 0.774. The van der Waals surface area contributed by atoms with Crippen molar-refractivity contribution in [3.63, 3.8) is 0 Å². The molecule has 1 atom stereocenters. The van der Waals surface area contributed by atoms with Crippen LogP contribution in [0.25, 0.3) is 11.3 Å². The summed E-state index contributed by atoms with van der Waals surface area (Å²) in [4.78, 5) is 37.3. The zero-order chi connectivity index (χ0) is 25.9. The molecular formula is C24H19F3N6O3. The molecule has 4 aromatic rings. The highest BCUT2D eigenvalue weighted by Gasteiger charge is 2.32. The summed E-state index contributed by atoms with van der Waals surface area (Å²) < 4.78 is 44.4. The lowest BCUT2D eigenvalue weighted by atomic mass is 10.1. The predicted octanol–water partition coefficient (Wildman–Crippen LogP) is 4.60. The Morgan fingerprint density at radius 3 is 2.47 bits per heavy atom. The first kappa shape index (κ1) is 24.5. The SMILES string of the molecule is Cc1ccc(NC(=O)c2cc([C@@H](C)NC(=O)c3cc(-c4ccncc4)ncn3)no2)cc1C(F)(F)F. The highest BCUT2D eigenvalue weighted by atomic mass is 19.4. The molecule has 12 heteroatoms. The number of rotatable bonds is 6. The lowest BCUT2D eigenvalue weighted by Gasteiger charge is -2.12. The molecule has 184 valence electrons. The first-order valence-electron chi connectivity index (χ1n) is 10.6. The summed E-state index contributed by atoms with van der Waals surface area (Å²) in [5, 5.41) is 8.85. The van der Waals surface area contributed by atoms with E-state index in [1.165, 1.54) is 37.5 Å². The van der Waals surface area contributed by atoms with E-state index >= 15 is 0 Å². The molecule has 36 heavy (non-hydrogen) atoms. The van der Waals surface area contributed by atoms with E-state index in [-0.39, 0.29) is 28.4 Å². The number of hydrogen-bond acceptors (Lipinski definition) is 7. The van der Waals surface area contributed by atoms with Gasteiger partial charge >= 0.3 is 6.18 Å². The summed E-state index contributed by atoms with van der Waals surface area (Å²) in [6, 6.07) is 9.09. The molecule has 0 spiro atoms. The number of amides is 2. The lowest BCUT2D eigenvalue weighted by Crippen LogP contribution is -2.27. The van der Waals surface area contributed by atoms with Crippen LogP contribution in [0.5, 0.6) is 0 Å². The lowest BCUT2D eigenvalue weighted by molar-refractivity contribution is -0.138. The highest BCUT2D eigenvalue weighted by molar-refractivity contribution is 6.02. The third-order valence-corrected chi connectivity index (χ3v) is 5.22. The van der Waals surface area contributed by atoms with Gasteiger partial charge in [0, 0.05) is 29.7 Å². The highest BCUT2D eigenvalue weighted by Crippen LogP contribution is 2.33. The van der Waals surface area contributed by atoms with E-state index in [2.05, 4.69) is 30.7 Å². The van der Waals surface area contributed by atoms with Crippen molar-refractivity contribution in [3.05, 3.63) is 89.5 Å². The van der Waals surface area contributed by atoms with Gasteiger partial charge in [0.25, 0.3) is 11.8 Å². The van der Waals surface area contributed by atoms with E-state index in [0.29, 0.717) is 5.69 Å². The Bertz CT molecular complexity index is 1410. The van der Waals surface area contributed by atoms with Gasteiger partial charge in [-0.15, -0.1) is 0 Å². The average Bonchev–Trinajstić information content (AvgIpc) is 3.36. The minimum absolute atomic E-state index is 0.0311. The number of hydrogen-bond donors (Lipinski definition) is 2. The molecule has 4 rings (SSSR count). The van der Waals surface area contributed by atoms with Crippen molar-refractivity contribution in [1.82, 2.24) is 25.4 Å². The summed E-state index contributed by atoms with van der Waals surface area (Å²) in [7, 11) is 0. The normalized spacial score (nSPS) is 12.1. The fourth-order valence-corrected chi connectivity index (χ4v) is 3.30. The summed E-state index contributed by atoms with van der Waals surface area (Å²) in [6.45, 7) is 2.95. The molecule has 2 amide bonds. The maximum Gasteiger partial charge on any atom is 0.416 e. The van der Waals surface area contributed by atoms with Gasteiger partial charge in [-0.2, -0.15) is 13.2 Å². The molecule has 0 unspecified atom stereocenters. The van der Waals surface area contributed by atoms with E-state index in [0.717, 1.165) is 11.6 Å². The van der Waals surface area contributed by atoms with Gasteiger partial charge in [0.2, 0.25) is 5.76 Å². The number of carbonyl (C=O) groups is 2. The van der Waals surface area contributed by atoms with Crippen molar-refractivity contribution in [1.29, 1.82) is 0 Å². The molecule has 9 nitrogen and oxygen atoms in total. The van der Waals surface area contributed by atoms with Crippen molar-refractivity contribution in [2.45, 2.75) is 26.1 Å². The van der Waals surface area contributed by atoms with Gasteiger partial charge in [0.1, 0.15) is 17.7 Å². The molecule has 0 saturated carbocycles. The molecule has 0 bridgehead atoms. The van der Waals surface area contributed by atoms with Gasteiger partial charge in [0.15, 0.2) is 0 Å². The van der Waals surface area contributed by atoms with Crippen molar-refractivity contribution in [3.8, 4) is 11.3 Å². The average molecular weight is 496 g/mol. The van der Waals surface area contributed by atoms with E-state index in [1.54, 1.807) is 31.5 Å². The fourth-order valence-electron chi connectivity index (χ4n) is 3.30. The predicted molar refractivity (Wildman–Crippen MR) is 122 cm³/mol. The molecule has 3 aromatic heterocycles. The number of aromatic nitrogens is 4. The topological polar surface area (TPSA) is 123 Å². The van der Waals surface area contributed by atoms with Gasteiger partial charge < -0.3 is 15.2 Å². The molecule has 0 fully saturated rings. The van der Waals surface area contributed by atoms with Gasteiger partial charge in [-0.25, -0.2) is 9.97 Å². The quantitative estimate of drug-likeness (QED) is 0.400. The van der Waals surface area contributed by atoms with Crippen LogP contribution in [-0.2, 0) is 6.18 Å². The van der Waals surface area contributed by atoms with Crippen LogP contribution in [0.3, 0.4) is 0 Å². The first-order chi connectivity index (χ1) is 17.1. The summed E-state index contributed by atoms with van der Waals surface area (Å²) in [6.07, 6.45) is -0.0823. The van der Waals surface area contributed by atoms with Crippen molar-refractivity contribution >= 4 is 17.5 Å². The Hall–Kier alpha value is -4.61. The molecule has 0 aliphatic rings. The van der Waals surface area contributed by atoms with Gasteiger partial charge in [-0.05, 0) is 49.7 Å². The van der Waals surface area contributed by atoms with Crippen LogP contribution in [0.1, 0.15) is 50.8 Å². The van der Waals surface area contributed by atoms with Crippen LogP contribution in [0.4, 0.5) is 18.9 Å². The largest absolute Gasteiger partial charge is 0.416 e. The zero-order valence-corrected chi connectivity index (χ0v) is 19.0. The van der Waals surface area contributed by atoms with Crippen LogP contribution in [0.2, 0.25) is 0 Å². The van der Waals surface area contributed by atoms with E-state index in [9.17, 15) is 22.8 Å². The van der Waals surface area contributed by atoms with Crippen LogP contribution in [0, 0.1) is 6.92 Å². The number of halogens is 3. The van der Waals surface area contributed by atoms with E-state index in [1.807, 2.05) is 0 Å². The van der Waals surface area contributed by atoms with Crippen molar-refractivity contribution < 1.29 is 27.3 Å². The third-order valence-electron chi connectivity index (χ3n) is 5.22. The number of alkyl halides is 3. The zero-order valence-electron chi connectivity index (χ0n) is 19.0. The number of anilines is 1. The van der Waals surface area contributed by atoms with E-state index < -0.39 is 29.6 Å². The second kappa shape index (κ2) is 9.94. The molecule has 0 aliphatic carbocycles. The van der Waals surface area contributed by atoms with Crippen LogP contribution < -0.4 is 10.6 Å². The number of benzene rings is 1. The van der Waals surface area contributed by atoms with Crippen LogP contribution >= 0.6 is 0 Å². The number of carbonyl (C=O) groups excluding carboxylic acids is 2. The Kier molecular flexibility index (Phi) is 6.77. The van der Waals surface area contributed by atoms with Gasteiger partial charge in [0.05, 0.1) is 17.3 Å². The summed E-state index contributed by atoms with van der Waals surface area (Å²) in [5.74, 6) is -1.53. The van der Waals surface area contributed by atoms with Crippen LogP contribution in [-0.4, -0.2) is 31.9 Å². The minimum atomic E-state index is -4.55. The molecule has 0 saturated heterocycles. The first-order valence-corrected chi connectivity index (χ1v) is 10.6. The Morgan fingerprint density at radius 2 is 1.75 bits per heavy atom. The summed E-state index contributed by atoms with van der Waals surface area (Å²) >= 11 is 0. The Balaban J connectivity index is 1.43. The standard InChI is InChI=1S/C24H19F3N6O3/c1-13-3-4-16(9-17(13)24(25,26)27)32-23(35)21-11-18(33-36-21)14(2)31-22(34)20-10-19(29-12-30-20)15-5-7-28-8-6-15/h3-12,14H,1-2H3,(H,31,34)(H,32,35)/t14-/m1/s1. The molecule has 2 N–H and O–H groups in total. The second-order valence-electron chi connectivity index (χ2n) is 7.82. The molecule has 1 aromatic carbocycles. The minimum Gasteiger partial charge on any atom is -0.351 e. The van der Waals surface area contributed by atoms with Crippen molar-refractivity contribution in [2.24, 2.45) is 0 Å². The van der Waals surface area contributed by atoms with Crippen molar-refractivity contribution in [2.75, 3.05) is 5.32 Å². The smallest absolute Gasteiger partial charge is 0.351 e. The molecule has 0 radical (unpaired) electrons. The molecule has 3 heterocycles. The Labute approximate surface area is 202 Å². The third kappa shape index (κ3) is 5.54. The Morgan fingerprint density at radius 1 is 1.00 bits per heavy atom. The number of aryl methyl sites for hydroxylation is 1. The monoisotopic (exact) mass is 496 g/mol. The number of nitrogens with zero attached hydrogens (tertiary/aromatic N) is 4. The van der Waals surface area contributed by atoms with Crippen LogP contribution in [0.15, 0.2) is 65.7 Å². The van der Waals surface area contributed by atoms with Gasteiger partial charge in [-0.1, -0.05) is 11.2 Å². The molecule has 0 aliphatic heterocycles. The fraction of sp³-hybridized carbons (Fsp3) is 0.167. The number of pyridine rings is 1. The molecular weight excluding hydrogens is 477 g/mol. The van der Waals surface area contributed by atoms with E-state index in [4.69, 9.17) is 4.52 Å².